The predicted molar refractivity (Wildman–Crippen MR) is 79.3 cm³/mol. The van der Waals surface area contributed by atoms with Gasteiger partial charge in [-0.05, 0) is 35.7 Å². The molecule has 0 aliphatic carbocycles. The average molecular weight is 301 g/mol. The van der Waals surface area contributed by atoms with Crippen LogP contribution in [0.4, 0.5) is 9.18 Å². The minimum absolute atomic E-state index is 0.147. The molecule has 0 unspecified atom stereocenters. The van der Waals surface area contributed by atoms with Gasteiger partial charge in [0, 0.05) is 18.7 Å². The van der Waals surface area contributed by atoms with Crippen LogP contribution in [0.1, 0.15) is 16.7 Å². The van der Waals surface area contributed by atoms with Crippen LogP contribution in [0.2, 0.25) is 0 Å². The number of hydrogen-bond acceptors (Lipinski definition) is 2. The van der Waals surface area contributed by atoms with Gasteiger partial charge in [-0.25, -0.2) is 9.18 Å². The lowest BCUT2D eigenvalue weighted by atomic mass is 10.00. The Kier molecular flexibility index (Phi) is 3.96. The van der Waals surface area contributed by atoms with Crippen LogP contribution >= 0.6 is 0 Å². The van der Waals surface area contributed by atoms with Crippen molar-refractivity contribution in [3.8, 4) is 5.75 Å². The zero-order valence-corrected chi connectivity index (χ0v) is 12.0. The van der Waals surface area contributed by atoms with Crippen LogP contribution < -0.4 is 4.74 Å². The number of nitrogens with zero attached hydrogens (tertiary/aromatic N) is 1. The number of fused-ring (bicyclic) bond motifs is 1. The fraction of sp³-hybridized carbons (Fsp3) is 0.235. The monoisotopic (exact) mass is 301 g/mol. The van der Waals surface area contributed by atoms with Crippen LogP contribution in [-0.2, 0) is 19.6 Å². The van der Waals surface area contributed by atoms with Crippen molar-refractivity contribution in [3.05, 3.63) is 65.0 Å². The van der Waals surface area contributed by atoms with E-state index in [2.05, 4.69) is 0 Å². The molecule has 1 N–H and O–H groups in total. The zero-order valence-electron chi connectivity index (χ0n) is 12.0. The third-order valence-electron chi connectivity index (χ3n) is 3.81. The number of benzene rings is 2. The lowest BCUT2D eigenvalue weighted by Crippen LogP contribution is -2.34. The SMILES string of the molecule is O=C(O)N1CCc2ccc(OCc3ccccc3F)cc2C1. The van der Waals surface area contributed by atoms with Crippen molar-refractivity contribution in [1.82, 2.24) is 4.90 Å². The van der Waals surface area contributed by atoms with E-state index in [1.807, 2.05) is 18.2 Å². The lowest BCUT2D eigenvalue weighted by molar-refractivity contribution is 0.140. The Morgan fingerprint density at radius 1 is 1.23 bits per heavy atom. The van der Waals surface area contributed by atoms with Crippen molar-refractivity contribution >= 4 is 6.09 Å². The van der Waals surface area contributed by atoms with Gasteiger partial charge in [0.15, 0.2) is 0 Å². The lowest BCUT2D eigenvalue weighted by Gasteiger charge is -2.26. The molecular weight excluding hydrogens is 285 g/mol. The molecule has 1 aliphatic rings. The Morgan fingerprint density at radius 2 is 2.05 bits per heavy atom. The third kappa shape index (κ3) is 3.03. The van der Waals surface area contributed by atoms with E-state index in [-0.39, 0.29) is 12.4 Å². The maximum atomic E-state index is 13.6. The molecule has 1 heterocycles. The van der Waals surface area contributed by atoms with E-state index >= 15 is 0 Å². The molecule has 3 rings (SSSR count). The molecule has 4 nitrogen and oxygen atoms in total. The Bertz CT molecular complexity index is 702. The second kappa shape index (κ2) is 6.05. The molecular formula is C17H16FNO3. The van der Waals surface area contributed by atoms with Gasteiger partial charge in [-0.15, -0.1) is 0 Å². The largest absolute Gasteiger partial charge is 0.489 e. The highest BCUT2D eigenvalue weighted by molar-refractivity contribution is 5.65. The number of ether oxygens (including phenoxy) is 1. The summed E-state index contributed by atoms with van der Waals surface area (Å²) in [6.45, 7) is 1.02. The fourth-order valence-corrected chi connectivity index (χ4v) is 2.56. The molecule has 22 heavy (non-hydrogen) atoms. The van der Waals surface area contributed by atoms with Gasteiger partial charge >= 0.3 is 6.09 Å². The summed E-state index contributed by atoms with van der Waals surface area (Å²) in [6, 6.07) is 12.1. The van der Waals surface area contributed by atoms with Crippen molar-refractivity contribution in [3.63, 3.8) is 0 Å². The summed E-state index contributed by atoms with van der Waals surface area (Å²) in [6.07, 6.45) is -0.210. The van der Waals surface area contributed by atoms with Crippen LogP contribution in [-0.4, -0.2) is 22.6 Å². The van der Waals surface area contributed by atoms with Crippen molar-refractivity contribution in [2.24, 2.45) is 0 Å². The Labute approximate surface area is 127 Å². The summed E-state index contributed by atoms with van der Waals surface area (Å²) >= 11 is 0. The highest BCUT2D eigenvalue weighted by Crippen LogP contribution is 2.24. The molecule has 0 bridgehead atoms. The van der Waals surface area contributed by atoms with E-state index in [1.54, 1.807) is 18.2 Å². The molecule has 2 aromatic carbocycles. The third-order valence-corrected chi connectivity index (χ3v) is 3.81. The van der Waals surface area contributed by atoms with Gasteiger partial charge in [-0.3, -0.25) is 0 Å². The maximum Gasteiger partial charge on any atom is 0.407 e. The molecule has 0 saturated heterocycles. The van der Waals surface area contributed by atoms with Crippen LogP contribution in [0.3, 0.4) is 0 Å². The zero-order chi connectivity index (χ0) is 15.5. The highest BCUT2D eigenvalue weighted by atomic mass is 19.1. The van der Waals surface area contributed by atoms with Crippen molar-refractivity contribution in [2.75, 3.05) is 6.54 Å². The van der Waals surface area contributed by atoms with Crippen LogP contribution in [0.15, 0.2) is 42.5 Å². The number of carbonyl (C=O) groups is 1. The molecule has 2 aromatic rings. The maximum absolute atomic E-state index is 13.6. The van der Waals surface area contributed by atoms with Crippen LogP contribution in [0, 0.1) is 5.82 Å². The highest BCUT2D eigenvalue weighted by Gasteiger charge is 2.20. The van der Waals surface area contributed by atoms with Gasteiger partial charge in [0.25, 0.3) is 0 Å². The van der Waals surface area contributed by atoms with Gasteiger partial charge in [0.2, 0.25) is 0 Å². The topological polar surface area (TPSA) is 49.8 Å². The van der Waals surface area contributed by atoms with Gasteiger partial charge < -0.3 is 14.7 Å². The van der Waals surface area contributed by atoms with Crippen molar-refractivity contribution in [2.45, 2.75) is 19.6 Å². The molecule has 5 heteroatoms. The van der Waals surface area contributed by atoms with Crippen LogP contribution in [0.5, 0.6) is 5.75 Å². The quantitative estimate of drug-likeness (QED) is 0.944. The molecule has 0 atom stereocenters. The number of carboxylic acid groups (broad SMARTS) is 1. The number of rotatable bonds is 3. The van der Waals surface area contributed by atoms with E-state index in [4.69, 9.17) is 9.84 Å². The van der Waals surface area contributed by atoms with Gasteiger partial charge in [-0.2, -0.15) is 0 Å². The molecule has 0 aromatic heterocycles. The Hall–Kier alpha value is -2.56. The molecule has 0 spiro atoms. The average Bonchev–Trinajstić information content (AvgIpc) is 2.53. The molecule has 0 saturated carbocycles. The van der Waals surface area contributed by atoms with E-state index in [9.17, 15) is 9.18 Å². The predicted octanol–water partition coefficient (Wildman–Crippen LogP) is 3.44. The van der Waals surface area contributed by atoms with E-state index in [1.165, 1.54) is 11.0 Å². The molecule has 1 aliphatic heterocycles. The van der Waals surface area contributed by atoms with E-state index < -0.39 is 6.09 Å². The number of amides is 1. The first-order valence-electron chi connectivity index (χ1n) is 7.09. The number of hydrogen-bond donors (Lipinski definition) is 1. The Morgan fingerprint density at radius 3 is 2.82 bits per heavy atom. The summed E-state index contributed by atoms with van der Waals surface area (Å²) in [7, 11) is 0. The minimum Gasteiger partial charge on any atom is -0.489 e. The van der Waals surface area contributed by atoms with E-state index in [0.717, 1.165) is 11.1 Å². The molecule has 1 amide bonds. The molecule has 0 radical (unpaired) electrons. The second-order valence-electron chi connectivity index (χ2n) is 5.26. The number of halogens is 1. The normalized spacial score (nSPS) is 13.6. The molecule has 0 fully saturated rings. The first-order valence-corrected chi connectivity index (χ1v) is 7.09. The molecule has 114 valence electrons. The van der Waals surface area contributed by atoms with Crippen LogP contribution in [0.25, 0.3) is 0 Å². The van der Waals surface area contributed by atoms with Gasteiger partial charge in [0.05, 0.1) is 0 Å². The fourth-order valence-electron chi connectivity index (χ4n) is 2.56. The summed E-state index contributed by atoms with van der Waals surface area (Å²) < 4.78 is 19.2. The minimum atomic E-state index is -0.914. The Balaban J connectivity index is 1.72. The summed E-state index contributed by atoms with van der Waals surface area (Å²) in [4.78, 5) is 12.4. The van der Waals surface area contributed by atoms with Gasteiger partial charge in [0.1, 0.15) is 18.2 Å². The summed E-state index contributed by atoms with van der Waals surface area (Å²) in [5.41, 5.74) is 2.57. The van der Waals surface area contributed by atoms with Crippen molar-refractivity contribution < 1.29 is 19.0 Å². The summed E-state index contributed by atoms with van der Waals surface area (Å²) in [5.74, 6) is 0.326. The second-order valence-corrected chi connectivity index (χ2v) is 5.26. The van der Waals surface area contributed by atoms with Crippen molar-refractivity contribution in [1.29, 1.82) is 0 Å². The summed E-state index contributed by atoms with van der Waals surface area (Å²) in [5, 5.41) is 9.07. The van der Waals surface area contributed by atoms with Gasteiger partial charge in [-0.1, -0.05) is 24.3 Å². The smallest absolute Gasteiger partial charge is 0.407 e. The van der Waals surface area contributed by atoms with E-state index in [0.29, 0.717) is 30.8 Å². The first kappa shape index (κ1) is 14.4. The first-order chi connectivity index (χ1) is 10.6. The standard InChI is InChI=1S/C17H16FNO3/c18-16-4-2-1-3-13(16)11-22-15-6-5-12-7-8-19(17(20)21)10-14(12)9-15/h1-6,9H,7-8,10-11H2,(H,20,21).